The molecule has 0 fully saturated rings. The van der Waals surface area contributed by atoms with E-state index in [2.05, 4.69) is 22.3 Å². The molecular formula is C9H16N4O. The highest BCUT2D eigenvalue weighted by Crippen LogP contribution is 2.18. The lowest BCUT2D eigenvalue weighted by molar-refractivity contribution is 0.0986. The Morgan fingerprint density at radius 3 is 2.79 bits per heavy atom. The lowest BCUT2D eigenvalue weighted by atomic mass is 10.1. The molecule has 0 atom stereocenters. The number of nitrogens with zero attached hydrogens (tertiary/aromatic N) is 2. The largest absolute Gasteiger partial charge is 0.471 e. The molecule has 0 saturated heterocycles. The second-order valence-electron chi connectivity index (χ2n) is 3.60. The van der Waals surface area contributed by atoms with Crippen LogP contribution in [0.15, 0.2) is 12.4 Å². The predicted octanol–water partition coefficient (Wildman–Crippen LogP) is 1.33. The Morgan fingerprint density at radius 2 is 2.21 bits per heavy atom. The van der Waals surface area contributed by atoms with E-state index in [1.807, 2.05) is 13.8 Å². The molecule has 0 amide bonds. The molecule has 78 valence electrons. The van der Waals surface area contributed by atoms with Crippen molar-refractivity contribution in [3.63, 3.8) is 0 Å². The molecule has 0 unspecified atom stereocenters. The van der Waals surface area contributed by atoms with Crippen molar-refractivity contribution in [2.75, 3.05) is 5.43 Å². The summed E-state index contributed by atoms with van der Waals surface area (Å²) in [5.41, 5.74) is 2.18. The van der Waals surface area contributed by atoms with Crippen LogP contribution in [0.1, 0.15) is 27.2 Å². The van der Waals surface area contributed by atoms with Crippen LogP contribution in [0, 0.1) is 0 Å². The molecule has 1 aromatic rings. The summed E-state index contributed by atoms with van der Waals surface area (Å²) in [7, 11) is 0. The molecule has 3 N–H and O–H groups in total. The molecule has 0 aliphatic carbocycles. The van der Waals surface area contributed by atoms with Gasteiger partial charge in [-0.2, -0.15) is 4.98 Å². The summed E-state index contributed by atoms with van der Waals surface area (Å²) in [6, 6.07) is 0. The molecule has 0 spiro atoms. The zero-order valence-corrected chi connectivity index (χ0v) is 8.74. The second kappa shape index (κ2) is 4.23. The van der Waals surface area contributed by atoms with Crippen molar-refractivity contribution < 1.29 is 4.74 Å². The van der Waals surface area contributed by atoms with Gasteiger partial charge in [-0.25, -0.2) is 5.84 Å². The number of nitrogen functional groups attached to an aromatic ring is 1. The van der Waals surface area contributed by atoms with E-state index in [0.717, 1.165) is 6.42 Å². The number of ether oxygens (including phenoxy) is 1. The molecule has 0 bridgehead atoms. The first kappa shape index (κ1) is 10.7. The maximum Gasteiger partial charge on any atom is 0.234 e. The number of anilines is 1. The molecule has 0 saturated carbocycles. The monoisotopic (exact) mass is 196 g/mol. The van der Waals surface area contributed by atoms with Gasteiger partial charge in [-0.05, 0) is 20.3 Å². The lowest BCUT2D eigenvalue weighted by Gasteiger charge is -2.23. The molecular weight excluding hydrogens is 180 g/mol. The van der Waals surface area contributed by atoms with E-state index in [-0.39, 0.29) is 5.60 Å². The highest BCUT2D eigenvalue weighted by atomic mass is 16.5. The van der Waals surface area contributed by atoms with Gasteiger partial charge in [0, 0.05) is 0 Å². The van der Waals surface area contributed by atoms with Gasteiger partial charge >= 0.3 is 0 Å². The number of rotatable bonds is 4. The van der Waals surface area contributed by atoms with Gasteiger partial charge in [-0.3, -0.25) is 4.98 Å². The molecule has 1 heterocycles. The Morgan fingerprint density at radius 1 is 1.50 bits per heavy atom. The third-order valence-electron chi connectivity index (χ3n) is 1.99. The highest BCUT2D eigenvalue weighted by molar-refractivity contribution is 5.31. The van der Waals surface area contributed by atoms with Gasteiger partial charge in [-0.15, -0.1) is 0 Å². The van der Waals surface area contributed by atoms with Crippen molar-refractivity contribution in [1.29, 1.82) is 0 Å². The number of hydrogen-bond acceptors (Lipinski definition) is 5. The van der Waals surface area contributed by atoms with Crippen LogP contribution >= 0.6 is 0 Å². The van der Waals surface area contributed by atoms with E-state index in [4.69, 9.17) is 10.6 Å². The maximum atomic E-state index is 5.62. The van der Waals surface area contributed by atoms with Crippen LogP contribution in [0.3, 0.4) is 0 Å². The fourth-order valence-electron chi connectivity index (χ4n) is 0.822. The van der Waals surface area contributed by atoms with Crippen LogP contribution in [0.5, 0.6) is 5.88 Å². The summed E-state index contributed by atoms with van der Waals surface area (Å²) in [6.07, 6.45) is 4.00. The fourth-order valence-corrected chi connectivity index (χ4v) is 0.822. The molecule has 1 aromatic heterocycles. The average Bonchev–Trinajstić information content (AvgIpc) is 2.17. The van der Waals surface area contributed by atoms with Crippen LogP contribution in [0.4, 0.5) is 5.82 Å². The van der Waals surface area contributed by atoms with Crippen LogP contribution in [-0.2, 0) is 0 Å². The Labute approximate surface area is 83.7 Å². The van der Waals surface area contributed by atoms with Crippen molar-refractivity contribution in [2.24, 2.45) is 5.84 Å². The van der Waals surface area contributed by atoms with Crippen LogP contribution in [0.2, 0.25) is 0 Å². The summed E-state index contributed by atoms with van der Waals surface area (Å²) in [4.78, 5) is 8.05. The number of nitrogens with two attached hydrogens (primary N) is 1. The zero-order chi connectivity index (χ0) is 10.6. The Kier molecular flexibility index (Phi) is 3.24. The van der Waals surface area contributed by atoms with Gasteiger partial charge in [0.15, 0.2) is 5.82 Å². The van der Waals surface area contributed by atoms with Crippen molar-refractivity contribution in [3.8, 4) is 5.88 Å². The molecule has 5 heteroatoms. The van der Waals surface area contributed by atoms with Crippen LogP contribution in [-0.4, -0.2) is 15.6 Å². The minimum atomic E-state index is -0.234. The summed E-state index contributed by atoms with van der Waals surface area (Å²) in [6.45, 7) is 6.05. The summed E-state index contributed by atoms with van der Waals surface area (Å²) >= 11 is 0. The Balaban J connectivity index is 2.76. The van der Waals surface area contributed by atoms with Gasteiger partial charge in [0.25, 0.3) is 0 Å². The van der Waals surface area contributed by atoms with Gasteiger partial charge < -0.3 is 10.2 Å². The third kappa shape index (κ3) is 2.85. The Bertz CT molecular complexity index is 301. The van der Waals surface area contributed by atoms with E-state index >= 15 is 0 Å². The molecule has 0 radical (unpaired) electrons. The van der Waals surface area contributed by atoms with Gasteiger partial charge in [-0.1, -0.05) is 6.92 Å². The summed E-state index contributed by atoms with van der Waals surface area (Å²) in [5.74, 6) is 6.18. The topological polar surface area (TPSA) is 73.1 Å². The van der Waals surface area contributed by atoms with E-state index in [9.17, 15) is 0 Å². The van der Waals surface area contributed by atoms with Gasteiger partial charge in [0.05, 0.1) is 12.4 Å². The van der Waals surface area contributed by atoms with Crippen LogP contribution in [0.25, 0.3) is 0 Å². The fraction of sp³-hybridized carbons (Fsp3) is 0.556. The average molecular weight is 196 g/mol. The van der Waals surface area contributed by atoms with E-state index in [1.165, 1.54) is 6.20 Å². The summed E-state index contributed by atoms with van der Waals surface area (Å²) < 4.78 is 5.62. The smallest absolute Gasteiger partial charge is 0.234 e. The maximum absolute atomic E-state index is 5.62. The van der Waals surface area contributed by atoms with E-state index in [0.29, 0.717) is 11.7 Å². The molecule has 0 aromatic carbocycles. The first-order valence-electron chi connectivity index (χ1n) is 4.55. The number of hydrogen-bond donors (Lipinski definition) is 2. The van der Waals surface area contributed by atoms with Crippen molar-refractivity contribution in [1.82, 2.24) is 9.97 Å². The number of nitrogens with one attached hydrogen (secondary N) is 1. The van der Waals surface area contributed by atoms with Gasteiger partial charge in [0.1, 0.15) is 5.60 Å². The minimum absolute atomic E-state index is 0.234. The van der Waals surface area contributed by atoms with Gasteiger partial charge in [0.2, 0.25) is 5.88 Å². The van der Waals surface area contributed by atoms with Crippen LogP contribution < -0.4 is 16.0 Å². The van der Waals surface area contributed by atoms with Crippen molar-refractivity contribution >= 4 is 5.82 Å². The standard InChI is InChI=1S/C9H16N4O/c1-4-9(2,3)14-8-6-11-5-7(12-8)13-10/h5-6H,4,10H2,1-3H3,(H,12,13). The highest BCUT2D eigenvalue weighted by Gasteiger charge is 2.17. The normalized spacial score (nSPS) is 11.1. The van der Waals surface area contributed by atoms with E-state index < -0.39 is 0 Å². The SMILES string of the molecule is CCC(C)(C)Oc1cncc(NN)n1. The third-order valence-corrected chi connectivity index (χ3v) is 1.99. The molecule has 14 heavy (non-hydrogen) atoms. The first-order valence-corrected chi connectivity index (χ1v) is 4.55. The molecule has 5 nitrogen and oxygen atoms in total. The molecule has 0 aliphatic rings. The Hall–Kier alpha value is -1.36. The first-order chi connectivity index (χ1) is 6.57. The predicted molar refractivity (Wildman–Crippen MR) is 54.8 cm³/mol. The van der Waals surface area contributed by atoms with Crippen molar-refractivity contribution in [2.45, 2.75) is 32.8 Å². The quantitative estimate of drug-likeness (QED) is 0.561. The minimum Gasteiger partial charge on any atom is -0.471 e. The van der Waals surface area contributed by atoms with Crippen molar-refractivity contribution in [3.05, 3.63) is 12.4 Å². The second-order valence-corrected chi connectivity index (χ2v) is 3.60. The van der Waals surface area contributed by atoms with E-state index in [1.54, 1.807) is 6.20 Å². The molecule has 1 rings (SSSR count). The molecule has 0 aliphatic heterocycles. The number of aromatic nitrogens is 2. The zero-order valence-electron chi connectivity index (χ0n) is 8.74. The number of hydrazine groups is 1. The summed E-state index contributed by atoms with van der Waals surface area (Å²) in [5, 5.41) is 0. The lowest BCUT2D eigenvalue weighted by Crippen LogP contribution is -2.27.